The zero-order valence-electron chi connectivity index (χ0n) is 25.6. The molecule has 6 rings (SSSR count). The highest BCUT2D eigenvalue weighted by atomic mass is 19.1. The van der Waals surface area contributed by atoms with Gasteiger partial charge in [-0.1, -0.05) is 12.1 Å². The van der Waals surface area contributed by atoms with Crippen molar-refractivity contribution < 1.29 is 23.0 Å². The van der Waals surface area contributed by atoms with E-state index in [9.17, 15) is 4.79 Å². The SMILES string of the molecule is Cc1c(-c2cnc3cccc(-c4cc(F)c(CN5CCOCC5)c(F)c4)c3n2)cnn1C1CCN(C(=O)OC(C)(C)C)CC1. The molecule has 2 aromatic heterocycles. The quantitative estimate of drug-likeness (QED) is 0.270. The van der Waals surface area contributed by atoms with Crippen molar-refractivity contribution >= 4 is 17.1 Å². The second kappa shape index (κ2) is 12.2. The van der Waals surface area contributed by atoms with Crippen molar-refractivity contribution in [3.63, 3.8) is 0 Å². The van der Waals surface area contributed by atoms with Gasteiger partial charge in [0.15, 0.2) is 0 Å². The highest BCUT2D eigenvalue weighted by Crippen LogP contribution is 2.33. The van der Waals surface area contributed by atoms with Crippen molar-refractivity contribution in [3.05, 3.63) is 65.6 Å². The van der Waals surface area contributed by atoms with E-state index in [4.69, 9.17) is 14.5 Å². The standard InChI is InChI=1S/C33H38F2N6O3/c1-21-25(18-37-41(21)23-8-10-40(11-9-23)32(42)44-33(2,3)4)30-19-36-29-7-5-6-24(31(29)38-30)22-16-27(34)26(28(35)17-22)20-39-12-14-43-15-13-39/h5-7,16-19,23H,8-15,20H2,1-4H3. The summed E-state index contributed by atoms with van der Waals surface area (Å²) in [5.41, 5.74) is 4.13. The number of morpholine rings is 1. The third-order valence-corrected chi connectivity index (χ3v) is 8.29. The summed E-state index contributed by atoms with van der Waals surface area (Å²) < 4.78 is 43.5. The minimum absolute atomic E-state index is 0.0580. The molecule has 0 aliphatic carbocycles. The minimum atomic E-state index is -0.581. The number of para-hydroxylation sites is 1. The van der Waals surface area contributed by atoms with E-state index >= 15 is 8.78 Å². The lowest BCUT2D eigenvalue weighted by molar-refractivity contribution is 0.0184. The Morgan fingerprint density at radius 2 is 1.73 bits per heavy atom. The number of carbonyl (C=O) groups is 1. The summed E-state index contributed by atoms with van der Waals surface area (Å²) in [6, 6.07) is 8.36. The number of amides is 1. The third-order valence-electron chi connectivity index (χ3n) is 8.29. The van der Waals surface area contributed by atoms with Gasteiger partial charge in [0.1, 0.15) is 17.2 Å². The molecule has 2 aliphatic rings. The summed E-state index contributed by atoms with van der Waals surface area (Å²) in [5, 5.41) is 4.69. The number of ether oxygens (including phenoxy) is 2. The van der Waals surface area contributed by atoms with E-state index in [1.165, 1.54) is 12.1 Å². The van der Waals surface area contributed by atoms with E-state index in [1.54, 1.807) is 17.3 Å². The maximum absolute atomic E-state index is 15.3. The van der Waals surface area contributed by atoms with E-state index in [1.807, 2.05) is 55.5 Å². The van der Waals surface area contributed by atoms with Crippen molar-refractivity contribution in [2.45, 2.75) is 58.7 Å². The molecule has 4 heterocycles. The van der Waals surface area contributed by atoms with Crippen LogP contribution < -0.4 is 0 Å². The maximum Gasteiger partial charge on any atom is 0.410 e. The molecule has 2 saturated heterocycles. The molecule has 0 radical (unpaired) electrons. The molecule has 2 fully saturated rings. The van der Waals surface area contributed by atoms with Gasteiger partial charge in [-0.05, 0) is 64.3 Å². The van der Waals surface area contributed by atoms with Crippen LogP contribution in [0.25, 0.3) is 33.4 Å². The molecule has 4 aromatic rings. The zero-order valence-corrected chi connectivity index (χ0v) is 25.6. The Morgan fingerprint density at radius 1 is 1.02 bits per heavy atom. The number of carbonyl (C=O) groups excluding carboxylic acids is 1. The molecule has 11 heteroatoms. The van der Waals surface area contributed by atoms with Crippen LogP contribution in [0.15, 0.2) is 42.7 Å². The second-order valence-corrected chi connectivity index (χ2v) is 12.5. The van der Waals surface area contributed by atoms with Crippen LogP contribution in [0.1, 0.15) is 50.9 Å². The van der Waals surface area contributed by atoms with Crippen molar-refractivity contribution in [2.75, 3.05) is 39.4 Å². The van der Waals surface area contributed by atoms with Gasteiger partial charge in [-0.2, -0.15) is 5.10 Å². The van der Waals surface area contributed by atoms with Gasteiger partial charge in [0.25, 0.3) is 0 Å². The van der Waals surface area contributed by atoms with Gasteiger partial charge in [-0.25, -0.2) is 18.6 Å². The van der Waals surface area contributed by atoms with Gasteiger partial charge in [0.05, 0.1) is 48.4 Å². The van der Waals surface area contributed by atoms with Crippen molar-refractivity contribution in [1.29, 1.82) is 0 Å². The first kappa shape index (κ1) is 30.1. The summed E-state index contributed by atoms with van der Waals surface area (Å²) in [7, 11) is 0. The highest BCUT2D eigenvalue weighted by molar-refractivity contribution is 5.92. The fourth-order valence-electron chi connectivity index (χ4n) is 5.95. The predicted molar refractivity (Wildman–Crippen MR) is 163 cm³/mol. The molecule has 0 N–H and O–H groups in total. The number of hydrogen-bond acceptors (Lipinski definition) is 7. The average Bonchev–Trinajstić information content (AvgIpc) is 3.39. The number of halogens is 2. The maximum atomic E-state index is 15.3. The monoisotopic (exact) mass is 604 g/mol. The molecule has 2 aromatic carbocycles. The van der Waals surface area contributed by atoms with Gasteiger partial charge < -0.3 is 14.4 Å². The summed E-state index contributed by atoms with van der Waals surface area (Å²) in [5.74, 6) is -1.16. The molecule has 0 saturated carbocycles. The molecule has 1 amide bonds. The number of hydrogen-bond donors (Lipinski definition) is 0. The van der Waals surface area contributed by atoms with E-state index in [-0.39, 0.29) is 24.2 Å². The lowest BCUT2D eigenvalue weighted by atomic mass is 10.0. The average molecular weight is 605 g/mol. The number of fused-ring (bicyclic) bond motifs is 1. The number of nitrogens with zero attached hydrogens (tertiary/aromatic N) is 6. The Hall–Kier alpha value is -3.96. The van der Waals surface area contributed by atoms with Crippen LogP contribution in [0.3, 0.4) is 0 Å². The van der Waals surface area contributed by atoms with E-state index in [0.717, 1.165) is 24.1 Å². The Kier molecular flexibility index (Phi) is 8.34. The molecular formula is C33H38F2N6O3. The van der Waals surface area contributed by atoms with Crippen LogP contribution >= 0.6 is 0 Å². The zero-order chi connectivity index (χ0) is 31.0. The van der Waals surface area contributed by atoms with Crippen LogP contribution in [-0.2, 0) is 16.0 Å². The fraction of sp³-hybridized carbons (Fsp3) is 0.455. The predicted octanol–water partition coefficient (Wildman–Crippen LogP) is 6.15. The van der Waals surface area contributed by atoms with Gasteiger partial charge in [0, 0.05) is 55.1 Å². The van der Waals surface area contributed by atoms with E-state index in [0.29, 0.717) is 67.2 Å². The Balaban J connectivity index is 1.24. The molecule has 0 unspecified atom stereocenters. The van der Waals surface area contributed by atoms with E-state index < -0.39 is 17.2 Å². The summed E-state index contributed by atoms with van der Waals surface area (Å²) in [4.78, 5) is 25.8. The normalized spacial score (nSPS) is 16.9. The van der Waals surface area contributed by atoms with Crippen LogP contribution in [0, 0.1) is 18.6 Å². The highest BCUT2D eigenvalue weighted by Gasteiger charge is 2.29. The minimum Gasteiger partial charge on any atom is -0.444 e. The number of aromatic nitrogens is 4. The number of likely N-dealkylation sites (tertiary alicyclic amines) is 1. The first-order valence-corrected chi connectivity index (χ1v) is 15.1. The first-order valence-electron chi connectivity index (χ1n) is 15.1. The molecular weight excluding hydrogens is 566 g/mol. The Morgan fingerprint density at radius 3 is 2.41 bits per heavy atom. The third kappa shape index (κ3) is 6.30. The molecule has 2 aliphatic heterocycles. The number of piperidine rings is 1. The summed E-state index contributed by atoms with van der Waals surface area (Å²) >= 11 is 0. The molecule has 232 valence electrons. The Labute approximate surface area is 255 Å². The molecule has 9 nitrogen and oxygen atoms in total. The van der Waals surface area contributed by atoms with Crippen molar-refractivity contribution in [3.8, 4) is 22.4 Å². The van der Waals surface area contributed by atoms with Gasteiger partial charge in [-0.3, -0.25) is 14.6 Å². The van der Waals surface area contributed by atoms with Crippen LogP contribution in [0.5, 0.6) is 0 Å². The lowest BCUT2D eigenvalue weighted by Gasteiger charge is -2.33. The van der Waals surface area contributed by atoms with Gasteiger partial charge in [-0.15, -0.1) is 0 Å². The lowest BCUT2D eigenvalue weighted by Crippen LogP contribution is -2.42. The fourth-order valence-corrected chi connectivity index (χ4v) is 5.95. The number of rotatable bonds is 5. The van der Waals surface area contributed by atoms with Crippen LogP contribution in [0.4, 0.5) is 13.6 Å². The smallest absolute Gasteiger partial charge is 0.410 e. The Bertz CT molecular complexity index is 1650. The van der Waals surface area contributed by atoms with E-state index in [2.05, 4.69) is 10.1 Å². The second-order valence-electron chi connectivity index (χ2n) is 12.5. The van der Waals surface area contributed by atoms with Gasteiger partial charge >= 0.3 is 6.09 Å². The molecule has 44 heavy (non-hydrogen) atoms. The topological polar surface area (TPSA) is 85.6 Å². The molecule has 0 bridgehead atoms. The molecule has 0 spiro atoms. The van der Waals surface area contributed by atoms with Crippen molar-refractivity contribution in [1.82, 2.24) is 29.5 Å². The summed E-state index contributed by atoms with van der Waals surface area (Å²) in [6.45, 7) is 11.4. The largest absolute Gasteiger partial charge is 0.444 e. The van der Waals surface area contributed by atoms with Gasteiger partial charge in [0.2, 0.25) is 0 Å². The van der Waals surface area contributed by atoms with Crippen molar-refractivity contribution in [2.24, 2.45) is 0 Å². The van der Waals surface area contributed by atoms with Crippen LogP contribution in [-0.4, -0.2) is 80.6 Å². The molecule has 0 atom stereocenters. The first-order chi connectivity index (χ1) is 21.1. The van der Waals surface area contributed by atoms with Crippen LogP contribution in [0.2, 0.25) is 0 Å². The number of benzene rings is 2. The summed E-state index contributed by atoms with van der Waals surface area (Å²) in [6.07, 6.45) is 4.72.